The monoisotopic (exact) mass is 450 g/mol. The first-order valence-electron chi connectivity index (χ1n) is 11.8. The Morgan fingerprint density at radius 2 is 1.73 bits per heavy atom. The molecular weight excluding hydrogens is 416 g/mol. The van der Waals surface area contributed by atoms with Crippen molar-refractivity contribution in [3.05, 3.63) is 36.0 Å². The predicted molar refractivity (Wildman–Crippen MR) is 131 cm³/mol. The number of carbonyl (C=O) groups is 2. The lowest BCUT2D eigenvalue weighted by Gasteiger charge is -2.35. The van der Waals surface area contributed by atoms with Gasteiger partial charge in [-0.05, 0) is 51.0 Å². The van der Waals surface area contributed by atoms with Gasteiger partial charge in [0.05, 0.1) is 5.41 Å². The summed E-state index contributed by atoms with van der Waals surface area (Å²) in [6.07, 6.45) is 3.55. The molecule has 1 aromatic carbocycles. The molecule has 2 amide bonds. The number of rotatable bonds is 6. The fourth-order valence-electron chi connectivity index (χ4n) is 4.73. The topological polar surface area (TPSA) is 81.7 Å². The molecule has 0 saturated carbocycles. The molecule has 0 unspecified atom stereocenters. The van der Waals surface area contributed by atoms with E-state index in [1.54, 1.807) is 13.1 Å². The van der Waals surface area contributed by atoms with Crippen LogP contribution in [-0.4, -0.2) is 58.9 Å². The Kier molecular flexibility index (Phi) is 6.28. The van der Waals surface area contributed by atoms with Crippen LogP contribution in [0, 0.1) is 0 Å². The van der Waals surface area contributed by atoms with Crippen molar-refractivity contribution in [2.24, 2.45) is 0 Å². The largest absolute Gasteiger partial charge is 0.368 e. The minimum absolute atomic E-state index is 0.0897. The number of piperazine rings is 1. The van der Waals surface area contributed by atoms with E-state index in [-0.39, 0.29) is 17.9 Å². The summed E-state index contributed by atoms with van der Waals surface area (Å²) in [6.45, 7) is 12.9. The van der Waals surface area contributed by atoms with Crippen LogP contribution in [0.25, 0.3) is 0 Å². The molecule has 0 aliphatic carbocycles. The Labute approximate surface area is 196 Å². The minimum atomic E-state index is -0.621. The van der Waals surface area contributed by atoms with Crippen LogP contribution >= 0.6 is 0 Å². The minimum Gasteiger partial charge on any atom is -0.368 e. The Bertz CT molecular complexity index is 1020. The number of benzene rings is 1. The smallest absolute Gasteiger partial charge is 0.238 e. The average Bonchev–Trinajstić information content (AvgIpc) is 3.01. The summed E-state index contributed by atoms with van der Waals surface area (Å²) < 4.78 is 0. The van der Waals surface area contributed by atoms with Crippen molar-refractivity contribution < 1.29 is 9.59 Å². The van der Waals surface area contributed by atoms with Crippen LogP contribution in [0.1, 0.15) is 53.0 Å². The second-order valence-corrected chi connectivity index (χ2v) is 9.37. The third-order valence-electron chi connectivity index (χ3n) is 6.94. The van der Waals surface area contributed by atoms with E-state index in [4.69, 9.17) is 4.98 Å². The fraction of sp³-hybridized carbons (Fsp3) is 0.520. The first-order valence-corrected chi connectivity index (χ1v) is 11.8. The maximum absolute atomic E-state index is 13.2. The van der Waals surface area contributed by atoms with Crippen LogP contribution < -0.4 is 15.1 Å². The van der Waals surface area contributed by atoms with Crippen molar-refractivity contribution in [3.63, 3.8) is 0 Å². The van der Waals surface area contributed by atoms with E-state index in [0.717, 1.165) is 61.8 Å². The second-order valence-electron chi connectivity index (χ2n) is 9.37. The lowest BCUT2D eigenvalue weighted by molar-refractivity contribution is -0.129. The Hall–Kier alpha value is -3.16. The van der Waals surface area contributed by atoms with Gasteiger partial charge >= 0.3 is 0 Å². The summed E-state index contributed by atoms with van der Waals surface area (Å²) in [5, 5.41) is 3.29. The maximum Gasteiger partial charge on any atom is 0.238 e. The van der Waals surface area contributed by atoms with E-state index in [1.807, 2.05) is 35.8 Å². The van der Waals surface area contributed by atoms with Crippen LogP contribution in [-0.2, 0) is 15.0 Å². The third kappa shape index (κ3) is 4.26. The molecule has 2 aliphatic heterocycles. The second kappa shape index (κ2) is 9.00. The van der Waals surface area contributed by atoms with Gasteiger partial charge in [0, 0.05) is 62.3 Å². The summed E-state index contributed by atoms with van der Waals surface area (Å²) in [5.74, 6) is 1.43. The highest BCUT2D eigenvalue weighted by Gasteiger charge is 2.47. The Morgan fingerprint density at radius 1 is 1.09 bits per heavy atom. The number of fused-ring (bicyclic) bond motifs is 1. The van der Waals surface area contributed by atoms with E-state index >= 15 is 0 Å². The molecule has 1 saturated heterocycles. The van der Waals surface area contributed by atoms with E-state index < -0.39 is 5.41 Å². The molecule has 8 heteroatoms. The first-order chi connectivity index (χ1) is 15.8. The van der Waals surface area contributed by atoms with Crippen LogP contribution in [0.4, 0.5) is 23.1 Å². The number of carbonyl (C=O) groups excluding carboxylic acids is 2. The van der Waals surface area contributed by atoms with Crippen molar-refractivity contribution in [1.82, 2.24) is 14.9 Å². The van der Waals surface area contributed by atoms with E-state index in [2.05, 4.69) is 41.2 Å². The number of hydrogen-bond acceptors (Lipinski definition) is 6. The molecule has 3 heterocycles. The van der Waals surface area contributed by atoms with Gasteiger partial charge in [0.25, 0.3) is 0 Å². The van der Waals surface area contributed by atoms with Gasteiger partial charge in [-0.2, -0.15) is 4.98 Å². The SMILES string of the molecule is CCC(CC)N1C(=O)C(C)(C)c2cnc(Nc3ccc(N4CCN(C(C)=O)CC4)cc3)nc21. The van der Waals surface area contributed by atoms with Crippen LogP contribution in [0.5, 0.6) is 0 Å². The summed E-state index contributed by atoms with van der Waals surface area (Å²) in [7, 11) is 0. The standard InChI is InChI=1S/C25H34N6O2/c1-6-19(7-2)31-22-21(25(4,5)23(31)33)16-26-24(28-22)27-18-8-10-20(11-9-18)30-14-12-29(13-15-30)17(3)32/h8-11,16,19H,6-7,12-15H2,1-5H3,(H,26,27,28). The number of hydrogen-bond donors (Lipinski definition) is 1. The van der Waals surface area contributed by atoms with Gasteiger partial charge in [0.15, 0.2) is 0 Å². The summed E-state index contributed by atoms with van der Waals surface area (Å²) in [5.41, 5.74) is 2.28. The van der Waals surface area contributed by atoms with Crippen molar-refractivity contribution >= 4 is 35.0 Å². The molecule has 8 nitrogen and oxygen atoms in total. The molecule has 1 N–H and O–H groups in total. The number of aromatic nitrogens is 2. The highest BCUT2D eigenvalue weighted by Crippen LogP contribution is 2.42. The van der Waals surface area contributed by atoms with Crippen molar-refractivity contribution in [1.29, 1.82) is 0 Å². The quantitative estimate of drug-likeness (QED) is 0.723. The predicted octanol–water partition coefficient (Wildman–Crippen LogP) is 3.70. The zero-order valence-electron chi connectivity index (χ0n) is 20.3. The fourth-order valence-corrected chi connectivity index (χ4v) is 4.73. The van der Waals surface area contributed by atoms with Crippen molar-refractivity contribution in [2.75, 3.05) is 41.3 Å². The number of anilines is 4. The average molecular weight is 451 g/mol. The highest BCUT2D eigenvalue weighted by molar-refractivity contribution is 6.07. The van der Waals surface area contributed by atoms with E-state index in [0.29, 0.717) is 5.95 Å². The summed E-state index contributed by atoms with van der Waals surface area (Å²) >= 11 is 0. The summed E-state index contributed by atoms with van der Waals surface area (Å²) in [4.78, 5) is 40.0. The van der Waals surface area contributed by atoms with Crippen molar-refractivity contribution in [3.8, 4) is 0 Å². The molecular formula is C25H34N6O2. The molecule has 0 atom stereocenters. The Morgan fingerprint density at radius 3 is 2.30 bits per heavy atom. The number of amides is 2. The zero-order chi connectivity index (χ0) is 23.8. The van der Waals surface area contributed by atoms with Gasteiger partial charge < -0.3 is 15.1 Å². The first kappa shape index (κ1) is 23.0. The van der Waals surface area contributed by atoms with E-state index in [9.17, 15) is 9.59 Å². The Balaban J connectivity index is 1.50. The van der Waals surface area contributed by atoms with Gasteiger partial charge in [0.1, 0.15) is 5.82 Å². The van der Waals surface area contributed by atoms with Crippen molar-refractivity contribution in [2.45, 2.75) is 58.9 Å². The number of nitrogens with one attached hydrogen (secondary N) is 1. The molecule has 176 valence electrons. The van der Waals surface area contributed by atoms with Gasteiger partial charge in [-0.15, -0.1) is 0 Å². The highest BCUT2D eigenvalue weighted by atomic mass is 16.2. The third-order valence-corrected chi connectivity index (χ3v) is 6.94. The van der Waals surface area contributed by atoms with Gasteiger partial charge in [-0.1, -0.05) is 13.8 Å². The van der Waals surface area contributed by atoms with Crippen LogP contribution in [0.3, 0.4) is 0 Å². The maximum atomic E-state index is 13.2. The summed E-state index contributed by atoms with van der Waals surface area (Å²) in [6, 6.07) is 8.29. The van der Waals surface area contributed by atoms with Gasteiger partial charge in [-0.25, -0.2) is 4.98 Å². The molecule has 4 rings (SSSR count). The molecule has 1 fully saturated rings. The molecule has 0 spiro atoms. The van der Waals surface area contributed by atoms with E-state index in [1.165, 1.54) is 0 Å². The molecule has 1 aromatic heterocycles. The molecule has 0 radical (unpaired) electrons. The molecule has 2 aliphatic rings. The molecule has 2 aromatic rings. The zero-order valence-corrected chi connectivity index (χ0v) is 20.3. The van der Waals surface area contributed by atoms with Crippen LogP contribution in [0.2, 0.25) is 0 Å². The van der Waals surface area contributed by atoms with Gasteiger partial charge in [-0.3, -0.25) is 14.5 Å². The van der Waals surface area contributed by atoms with Gasteiger partial charge in [0.2, 0.25) is 17.8 Å². The number of nitrogens with zero attached hydrogens (tertiary/aromatic N) is 5. The van der Waals surface area contributed by atoms with Crippen LogP contribution in [0.15, 0.2) is 30.5 Å². The lowest BCUT2D eigenvalue weighted by atomic mass is 9.88. The lowest BCUT2D eigenvalue weighted by Crippen LogP contribution is -2.48. The normalized spacial score (nSPS) is 17.5. The molecule has 0 bridgehead atoms. The molecule has 33 heavy (non-hydrogen) atoms.